The third-order valence-electron chi connectivity index (χ3n) is 5.49. The average molecular weight is 335 g/mol. The van der Waals surface area contributed by atoms with E-state index in [-0.39, 0.29) is 28.7 Å². The van der Waals surface area contributed by atoms with E-state index in [9.17, 15) is 16.8 Å². The molecule has 4 rings (SSSR count). The van der Waals surface area contributed by atoms with Crippen LogP contribution in [0.15, 0.2) is 0 Å². The summed E-state index contributed by atoms with van der Waals surface area (Å²) in [7, 11) is -6.45. The van der Waals surface area contributed by atoms with Crippen LogP contribution in [-0.2, 0) is 19.9 Å². The Morgan fingerprint density at radius 3 is 2.00 bits per heavy atom. The van der Waals surface area contributed by atoms with Crippen molar-refractivity contribution in [1.29, 1.82) is 0 Å². The molecular weight excluding hydrogens is 310 g/mol. The lowest BCUT2D eigenvalue weighted by molar-refractivity contribution is 0.0858. The first-order chi connectivity index (χ1) is 9.80. The van der Waals surface area contributed by atoms with Crippen LogP contribution >= 0.6 is 0 Å². The molecule has 4 fully saturated rings. The molecule has 0 amide bonds. The Bertz CT molecular complexity index is 571. The van der Waals surface area contributed by atoms with Crippen LogP contribution in [0.5, 0.6) is 0 Å². The standard InChI is InChI=1S/C14H25NO4S2/c16-20(17,13-1-2-13)10-9-15-21(18,19)11-14-6-3-12(4-7-14)5-8-14/h12-13,15H,1-11H2. The van der Waals surface area contributed by atoms with E-state index in [1.807, 2.05) is 0 Å². The number of sulfone groups is 1. The zero-order valence-corrected chi connectivity index (χ0v) is 14.0. The minimum atomic E-state index is -3.37. The quantitative estimate of drug-likeness (QED) is 0.764. The molecule has 21 heavy (non-hydrogen) atoms. The summed E-state index contributed by atoms with van der Waals surface area (Å²) in [5.74, 6) is 0.925. The molecule has 0 saturated heterocycles. The number of sulfonamides is 1. The number of hydrogen-bond acceptors (Lipinski definition) is 4. The van der Waals surface area contributed by atoms with Crippen molar-refractivity contribution in [3.63, 3.8) is 0 Å². The van der Waals surface area contributed by atoms with Gasteiger partial charge < -0.3 is 0 Å². The normalized spacial score (nSPS) is 33.2. The highest BCUT2D eigenvalue weighted by Gasteiger charge is 2.43. The molecule has 0 aromatic rings. The second kappa shape index (κ2) is 5.49. The highest BCUT2D eigenvalue weighted by Crippen LogP contribution is 2.50. The molecule has 0 aromatic carbocycles. The maximum absolute atomic E-state index is 12.2. The van der Waals surface area contributed by atoms with Crippen LogP contribution in [0.1, 0.15) is 51.4 Å². The summed E-state index contributed by atoms with van der Waals surface area (Å²) < 4.78 is 50.5. The van der Waals surface area contributed by atoms with E-state index < -0.39 is 19.9 Å². The monoisotopic (exact) mass is 335 g/mol. The number of hydrogen-bond donors (Lipinski definition) is 1. The summed E-state index contributed by atoms with van der Waals surface area (Å²) in [6.07, 6.45) is 7.98. The maximum atomic E-state index is 12.2. The molecule has 0 unspecified atom stereocenters. The van der Waals surface area contributed by atoms with Crippen LogP contribution < -0.4 is 4.72 Å². The average Bonchev–Trinajstić information content (AvgIpc) is 3.23. The molecule has 0 aliphatic heterocycles. The minimum Gasteiger partial charge on any atom is -0.229 e. The predicted molar refractivity (Wildman–Crippen MR) is 82.2 cm³/mol. The van der Waals surface area contributed by atoms with E-state index in [1.165, 1.54) is 0 Å². The van der Waals surface area contributed by atoms with Gasteiger partial charge in [0.1, 0.15) is 0 Å². The predicted octanol–water partition coefficient (Wildman–Crippen LogP) is 1.45. The van der Waals surface area contributed by atoms with Crippen LogP contribution in [-0.4, -0.2) is 40.1 Å². The Morgan fingerprint density at radius 1 is 0.905 bits per heavy atom. The molecular formula is C14H25NO4S2. The first-order valence-electron chi connectivity index (χ1n) is 7.99. The highest BCUT2D eigenvalue weighted by atomic mass is 32.2. The zero-order valence-electron chi connectivity index (χ0n) is 12.4. The maximum Gasteiger partial charge on any atom is 0.212 e. The van der Waals surface area contributed by atoms with Gasteiger partial charge in [0, 0.05) is 6.54 Å². The first-order valence-corrected chi connectivity index (χ1v) is 11.4. The lowest BCUT2D eigenvalue weighted by Crippen LogP contribution is -2.43. The Balaban J connectivity index is 1.52. The fraction of sp³-hybridized carbons (Fsp3) is 1.00. The Labute approximate surface area is 127 Å². The summed E-state index contributed by atoms with van der Waals surface area (Å²) in [4.78, 5) is 0. The van der Waals surface area contributed by atoms with Crippen molar-refractivity contribution in [3.8, 4) is 0 Å². The van der Waals surface area contributed by atoms with E-state index in [1.54, 1.807) is 0 Å². The molecule has 2 bridgehead atoms. The molecule has 4 aliphatic rings. The van der Waals surface area contributed by atoms with Crippen LogP contribution in [0.4, 0.5) is 0 Å². The molecule has 5 nitrogen and oxygen atoms in total. The summed E-state index contributed by atoms with van der Waals surface area (Å²) in [5.41, 5.74) is -0.0457. The van der Waals surface area contributed by atoms with E-state index >= 15 is 0 Å². The van der Waals surface area contributed by atoms with Gasteiger partial charge in [-0.25, -0.2) is 21.6 Å². The number of fused-ring (bicyclic) bond motifs is 3. The number of nitrogens with one attached hydrogen (secondary N) is 1. The SMILES string of the molecule is O=S(=O)(CC12CCC(CC1)CC2)NCCS(=O)(=O)C1CC1. The first kappa shape index (κ1) is 15.7. The third-order valence-corrected chi connectivity index (χ3v) is 9.38. The van der Waals surface area contributed by atoms with Crippen molar-refractivity contribution in [2.24, 2.45) is 11.3 Å². The molecule has 0 radical (unpaired) electrons. The number of rotatable bonds is 7. The summed E-state index contributed by atoms with van der Waals surface area (Å²) >= 11 is 0. The molecule has 4 saturated carbocycles. The van der Waals surface area contributed by atoms with Gasteiger partial charge in [0.2, 0.25) is 10.0 Å². The molecule has 7 heteroatoms. The lowest BCUT2D eigenvalue weighted by Gasteiger charge is -2.46. The Kier molecular flexibility index (Phi) is 4.12. The second-order valence-corrected chi connectivity index (χ2v) is 11.4. The lowest BCUT2D eigenvalue weighted by atomic mass is 9.62. The van der Waals surface area contributed by atoms with Crippen molar-refractivity contribution in [2.75, 3.05) is 18.1 Å². The van der Waals surface area contributed by atoms with E-state index in [4.69, 9.17) is 0 Å². The molecule has 122 valence electrons. The van der Waals surface area contributed by atoms with Gasteiger partial charge in [-0.3, -0.25) is 0 Å². The van der Waals surface area contributed by atoms with Crippen molar-refractivity contribution in [2.45, 2.75) is 56.6 Å². The molecule has 0 aromatic heterocycles. The van der Waals surface area contributed by atoms with E-state index in [0.29, 0.717) is 0 Å². The third kappa shape index (κ3) is 3.79. The summed E-state index contributed by atoms with van der Waals surface area (Å²) in [6, 6.07) is 0. The summed E-state index contributed by atoms with van der Waals surface area (Å²) in [6.45, 7) is 0.0277. The van der Waals surface area contributed by atoms with Gasteiger partial charge in [-0.15, -0.1) is 0 Å². The molecule has 0 heterocycles. The van der Waals surface area contributed by atoms with E-state index in [2.05, 4.69) is 4.72 Å². The Morgan fingerprint density at radius 2 is 1.48 bits per heavy atom. The van der Waals surface area contributed by atoms with Crippen molar-refractivity contribution in [1.82, 2.24) is 4.72 Å². The van der Waals surface area contributed by atoms with Gasteiger partial charge in [-0.2, -0.15) is 0 Å². The largest absolute Gasteiger partial charge is 0.229 e. The van der Waals surface area contributed by atoms with Gasteiger partial charge in [-0.05, 0) is 62.7 Å². The fourth-order valence-corrected chi connectivity index (χ4v) is 7.40. The van der Waals surface area contributed by atoms with Crippen molar-refractivity contribution in [3.05, 3.63) is 0 Å². The molecule has 4 aliphatic carbocycles. The van der Waals surface area contributed by atoms with Gasteiger partial charge in [-0.1, -0.05) is 0 Å². The zero-order chi connectivity index (χ0) is 15.1. The molecule has 0 atom stereocenters. The van der Waals surface area contributed by atoms with Crippen molar-refractivity contribution >= 4 is 19.9 Å². The van der Waals surface area contributed by atoms with E-state index in [0.717, 1.165) is 57.3 Å². The van der Waals surface area contributed by atoms with Crippen LogP contribution in [0.2, 0.25) is 0 Å². The van der Waals surface area contributed by atoms with Crippen LogP contribution in [0.3, 0.4) is 0 Å². The minimum absolute atomic E-state index is 0.0277. The second-order valence-electron chi connectivity index (χ2n) is 7.20. The van der Waals surface area contributed by atoms with Gasteiger partial charge in [0.05, 0.1) is 16.8 Å². The van der Waals surface area contributed by atoms with Gasteiger partial charge in [0.25, 0.3) is 0 Å². The van der Waals surface area contributed by atoms with Gasteiger partial charge in [0.15, 0.2) is 9.84 Å². The summed E-state index contributed by atoms with van der Waals surface area (Å²) in [5, 5.41) is -0.214. The molecule has 1 N–H and O–H groups in total. The molecule has 0 spiro atoms. The van der Waals surface area contributed by atoms with Gasteiger partial charge >= 0.3 is 0 Å². The van der Waals surface area contributed by atoms with Crippen LogP contribution in [0.25, 0.3) is 0 Å². The highest BCUT2D eigenvalue weighted by molar-refractivity contribution is 7.92. The van der Waals surface area contributed by atoms with Crippen molar-refractivity contribution < 1.29 is 16.8 Å². The topological polar surface area (TPSA) is 80.3 Å². The smallest absolute Gasteiger partial charge is 0.212 e. The Hall–Kier alpha value is -0.140. The van der Waals surface area contributed by atoms with Crippen LogP contribution in [0, 0.1) is 11.3 Å². The fourth-order valence-electron chi connectivity index (χ4n) is 3.94.